The van der Waals surface area contributed by atoms with Gasteiger partial charge in [0.15, 0.2) is 18.1 Å². The summed E-state index contributed by atoms with van der Waals surface area (Å²) in [4.78, 5) is 25.4. The van der Waals surface area contributed by atoms with Gasteiger partial charge in [-0.05, 0) is 49.2 Å². The zero-order valence-corrected chi connectivity index (χ0v) is 16.4. The fourth-order valence-electron chi connectivity index (χ4n) is 2.78. The minimum atomic E-state index is -4.71. The lowest BCUT2D eigenvalue weighted by Crippen LogP contribution is -2.22. The maximum atomic E-state index is 12.5. The van der Waals surface area contributed by atoms with Crippen molar-refractivity contribution in [3.8, 4) is 0 Å². The first kappa shape index (κ1) is 21.6. The summed E-state index contributed by atoms with van der Waals surface area (Å²) in [6, 6.07) is 7.31. The SMILES string of the molecule is O=C(COC(=O)c1ccc(N2CCCC2)nn1)Nc1ccc(S(=O)(=O)C(F)F)cc1. The lowest BCUT2D eigenvalue weighted by Gasteiger charge is -2.15. The number of sulfone groups is 1. The van der Waals surface area contributed by atoms with E-state index in [9.17, 15) is 26.8 Å². The largest absolute Gasteiger partial charge is 0.451 e. The van der Waals surface area contributed by atoms with Gasteiger partial charge in [0.1, 0.15) is 0 Å². The van der Waals surface area contributed by atoms with E-state index >= 15 is 0 Å². The Kier molecular flexibility index (Phi) is 6.55. The highest BCUT2D eigenvalue weighted by Crippen LogP contribution is 2.20. The van der Waals surface area contributed by atoms with Crippen molar-refractivity contribution in [2.45, 2.75) is 23.5 Å². The number of esters is 1. The van der Waals surface area contributed by atoms with E-state index in [-0.39, 0.29) is 11.4 Å². The summed E-state index contributed by atoms with van der Waals surface area (Å²) < 4.78 is 52.6. The van der Waals surface area contributed by atoms with Gasteiger partial charge in [-0.1, -0.05) is 0 Å². The molecule has 3 rings (SSSR count). The second kappa shape index (κ2) is 9.11. The molecule has 1 N–H and O–H groups in total. The first-order valence-corrected chi connectivity index (χ1v) is 10.5. The molecule has 1 fully saturated rings. The number of ether oxygens (including phenoxy) is 1. The first-order chi connectivity index (χ1) is 14.3. The monoisotopic (exact) mass is 440 g/mol. The second-order valence-corrected chi connectivity index (χ2v) is 8.34. The third-order valence-electron chi connectivity index (χ3n) is 4.33. The van der Waals surface area contributed by atoms with E-state index in [1.165, 1.54) is 6.07 Å². The molecule has 30 heavy (non-hydrogen) atoms. The van der Waals surface area contributed by atoms with Gasteiger partial charge in [-0.25, -0.2) is 13.2 Å². The maximum Gasteiger partial charge on any atom is 0.359 e. The van der Waals surface area contributed by atoms with Crippen LogP contribution in [0.1, 0.15) is 23.3 Å². The minimum Gasteiger partial charge on any atom is -0.451 e. The highest BCUT2D eigenvalue weighted by atomic mass is 32.2. The van der Waals surface area contributed by atoms with E-state index in [0.717, 1.165) is 50.2 Å². The number of carbonyl (C=O) groups excluding carboxylic acids is 2. The maximum absolute atomic E-state index is 12.5. The number of halogens is 2. The normalized spacial score (nSPS) is 14.0. The van der Waals surface area contributed by atoms with Crippen LogP contribution in [0.25, 0.3) is 0 Å². The van der Waals surface area contributed by atoms with Gasteiger partial charge in [0, 0.05) is 18.8 Å². The molecule has 1 aliphatic rings. The third kappa shape index (κ3) is 5.06. The van der Waals surface area contributed by atoms with Gasteiger partial charge in [0.25, 0.3) is 5.91 Å². The number of amides is 1. The number of rotatable bonds is 7. The Morgan fingerprint density at radius 2 is 1.73 bits per heavy atom. The Bertz CT molecular complexity index is 1010. The summed E-state index contributed by atoms with van der Waals surface area (Å²) in [7, 11) is -4.71. The van der Waals surface area contributed by atoms with Crippen molar-refractivity contribution in [3.63, 3.8) is 0 Å². The number of nitrogens with zero attached hydrogens (tertiary/aromatic N) is 3. The molecule has 9 nitrogen and oxygen atoms in total. The number of anilines is 2. The smallest absolute Gasteiger partial charge is 0.359 e. The van der Waals surface area contributed by atoms with Gasteiger partial charge in [-0.2, -0.15) is 8.78 Å². The van der Waals surface area contributed by atoms with Crippen LogP contribution in [0, 0.1) is 0 Å². The molecule has 160 valence electrons. The lowest BCUT2D eigenvalue weighted by atomic mass is 10.3. The summed E-state index contributed by atoms with van der Waals surface area (Å²) in [6.45, 7) is 1.15. The molecule has 0 bridgehead atoms. The number of alkyl halides is 2. The number of hydrogen-bond acceptors (Lipinski definition) is 8. The molecule has 0 spiro atoms. The predicted molar refractivity (Wildman–Crippen MR) is 102 cm³/mol. The van der Waals surface area contributed by atoms with Crippen LogP contribution in [0.3, 0.4) is 0 Å². The molecular formula is C18H18F2N4O5S. The topological polar surface area (TPSA) is 119 Å². The van der Waals surface area contributed by atoms with Crippen LogP contribution in [0.5, 0.6) is 0 Å². The Labute approximate surface area is 171 Å². The van der Waals surface area contributed by atoms with Crippen LogP contribution >= 0.6 is 0 Å². The van der Waals surface area contributed by atoms with Crippen molar-refractivity contribution in [3.05, 3.63) is 42.1 Å². The minimum absolute atomic E-state index is 0.0488. The summed E-state index contributed by atoms with van der Waals surface area (Å²) >= 11 is 0. The Hall–Kier alpha value is -3.15. The number of nitrogens with one attached hydrogen (secondary N) is 1. The van der Waals surface area contributed by atoms with E-state index in [4.69, 9.17) is 4.74 Å². The molecule has 0 saturated carbocycles. The molecule has 1 aromatic carbocycles. The first-order valence-electron chi connectivity index (χ1n) is 8.95. The zero-order chi connectivity index (χ0) is 21.7. The van der Waals surface area contributed by atoms with Gasteiger partial charge in [0.2, 0.25) is 9.84 Å². The quantitative estimate of drug-likeness (QED) is 0.648. The summed E-state index contributed by atoms with van der Waals surface area (Å²) in [5, 5.41) is 10.2. The molecule has 2 heterocycles. The summed E-state index contributed by atoms with van der Waals surface area (Å²) in [5.74, 6) is -4.40. The van der Waals surface area contributed by atoms with Crippen LogP contribution in [0.15, 0.2) is 41.3 Å². The Balaban J connectivity index is 1.51. The van der Waals surface area contributed by atoms with E-state index in [1.54, 1.807) is 6.07 Å². The predicted octanol–water partition coefficient (Wildman–Crippen LogP) is 1.87. The number of aromatic nitrogens is 2. The molecule has 12 heteroatoms. The van der Waals surface area contributed by atoms with E-state index in [2.05, 4.69) is 15.5 Å². The van der Waals surface area contributed by atoms with Crippen LogP contribution in [-0.4, -0.2) is 55.9 Å². The van der Waals surface area contributed by atoms with Gasteiger partial charge in [0.05, 0.1) is 4.90 Å². The standard InChI is InChI=1S/C18H18F2N4O5S/c19-18(20)30(27,28)13-5-3-12(4-6-13)21-16(25)11-29-17(26)14-7-8-15(23-22-14)24-9-1-2-10-24/h3-8,18H,1-2,9-11H2,(H,21,25). The Morgan fingerprint density at radius 3 is 2.30 bits per heavy atom. The molecule has 0 unspecified atom stereocenters. The average molecular weight is 440 g/mol. The average Bonchev–Trinajstić information content (AvgIpc) is 3.27. The van der Waals surface area contributed by atoms with Gasteiger partial charge < -0.3 is 15.0 Å². The van der Waals surface area contributed by atoms with Crippen LogP contribution in [-0.2, 0) is 19.4 Å². The van der Waals surface area contributed by atoms with E-state index in [1.807, 2.05) is 4.90 Å². The molecule has 1 aromatic heterocycles. The van der Waals surface area contributed by atoms with E-state index in [0.29, 0.717) is 5.82 Å². The van der Waals surface area contributed by atoms with Crippen molar-refractivity contribution in [1.29, 1.82) is 0 Å². The van der Waals surface area contributed by atoms with Crippen LogP contribution < -0.4 is 10.2 Å². The Morgan fingerprint density at radius 1 is 1.07 bits per heavy atom. The van der Waals surface area contributed by atoms with Crippen molar-refractivity contribution < 1.29 is 31.5 Å². The van der Waals surface area contributed by atoms with Crippen molar-refractivity contribution >= 4 is 33.2 Å². The fourth-order valence-corrected chi connectivity index (χ4v) is 3.50. The molecule has 0 radical (unpaired) electrons. The second-order valence-electron chi connectivity index (χ2n) is 6.43. The highest BCUT2D eigenvalue weighted by molar-refractivity contribution is 7.91. The molecule has 1 saturated heterocycles. The number of hydrogen-bond donors (Lipinski definition) is 1. The van der Waals surface area contributed by atoms with Crippen molar-refractivity contribution in [2.75, 3.05) is 29.9 Å². The molecule has 1 aliphatic heterocycles. The molecule has 0 aliphatic carbocycles. The van der Waals surface area contributed by atoms with E-state index < -0.39 is 39.0 Å². The van der Waals surface area contributed by atoms with Gasteiger partial charge in [-0.3, -0.25) is 4.79 Å². The summed E-state index contributed by atoms with van der Waals surface area (Å²) in [5.41, 5.74) is 0.103. The highest BCUT2D eigenvalue weighted by Gasteiger charge is 2.26. The zero-order valence-electron chi connectivity index (χ0n) is 15.6. The van der Waals surface area contributed by atoms with Crippen LogP contribution in [0.2, 0.25) is 0 Å². The van der Waals surface area contributed by atoms with Gasteiger partial charge >= 0.3 is 11.7 Å². The number of carbonyl (C=O) groups is 2. The molecule has 1 amide bonds. The van der Waals surface area contributed by atoms with Gasteiger partial charge in [-0.15, -0.1) is 10.2 Å². The number of benzene rings is 1. The molecule has 2 aromatic rings. The van der Waals surface area contributed by atoms with Crippen molar-refractivity contribution in [1.82, 2.24) is 10.2 Å². The summed E-state index contributed by atoms with van der Waals surface area (Å²) in [6.07, 6.45) is 2.15. The molecule has 0 atom stereocenters. The lowest BCUT2D eigenvalue weighted by molar-refractivity contribution is -0.119. The van der Waals surface area contributed by atoms with Crippen molar-refractivity contribution in [2.24, 2.45) is 0 Å². The van der Waals surface area contributed by atoms with Crippen LogP contribution in [0.4, 0.5) is 20.3 Å². The third-order valence-corrected chi connectivity index (χ3v) is 5.72. The molecular weight excluding hydrogens is 422 g/mol. The fraction of sp³-hybridized carbons (Fsp3) is 0.333.